The summed E-state index contributed by atoms with van der Waals surface area (Å²) < 4.78 is 28.6. The number of carbonyl (C=O) groups is 1. The number of unbranched alkanes of at least 4 members (excludes halogenated alkanes) is 3. The van der Waals surface area contributed by atoms with Gasteiger partial charge in [0.1, 0.15) is 17.1 Å². The second kappa shape index (κ2) is 19.3. The molecule has 4 atom stereocenters. The number of hydrogen-bond donors (Lipinski definition) is 2. The molecule has 0 saturated heterocycles. The second-order valence-corrected chi connectivity index (χ2v) is 16.7. The van der Waals surface area contributed by atoms with Gasteiger partial charge in [-0.05, 0) is 101 Å². The summed E-state index contributed by atoms with van der Waals surface area (Å²) in [6, 6.07) is 0. The minimum atomic E-state index is -3.40. The van der Waals surface area contributed by atoms with E-state index < -0.39 is 13.7 Å². The summed E-state index contributed by atoms with van der Waals surface area (Å²) in [4.78, 5) is 21.8. The quantitative estimate of drug-likeness (QED) is 0.101. The van der Waals surface area contributed by atoms with Crippen molar-refractivity contribution < 1.29 is 28.3 Å². The van der Waals surface area contributed by atoms with Gasteiger partial charge in [-0.1, -0.05) is 85.5 Å². The Kier molecular flexibility index (Phi) is 17.0. The SMILES string of the molecule is Cc1c(C)c2c(c(C)c1OC(=O)NCCCCCCOP(C)(=O)O)CC[C@@](C)(CCC[C@H](C)CCC[C@H](C)CCCC(C)C)O2. The summed E-state index contributed by atoms with van der Waals surface area (Å²) >= 11 is 0. The minimum absolute atomic E-state index is 0.165. The fourth-order valence-electron chi connectivity index (χ4n) is 6.55. The molecule has 1 heterocycles. The third kappa shape index (κ3) is 14.8. The molecule has 2 N–H and O–H groups in total. The highest BCUT2D eigenvalue weighted by Gasteiger charge is 2.34. The zero-order chi connectivity index (χ0) is 33.6. The highest BCUT2D eigenvalue weighted by atomic mass is 31.2. The topological polar surface area (TPSA) is 94.1 Å². The lowest BCUT2D eigenvalue weighted by molar-refractivity contribution is 0.0511. The number of carbonyl (C=O) groups excluding carboxylic acids is 1. The van der Waals surface area contributed by atoms with Crippen LogP contribution in [0, 0.1) is 38.5 Å². The van der Waals surface area contributed by atoms with Crippen LogP contribution < -0.4 is 14.8 Å². The summed E-state index contributed by atoms with van der Waals surface area (Å²) in [5.74, 6) is 4.05. The van der Waals surface area contributed by atoms with Gasteiger partial charge in [0.25, 0.3) is 0 Å². The maximum atomic E-state index is 12.6. The summed E-state index contributed by atoms with van der Waals surface area (Å²) in [6.07, 6.45) is 16.4. The van der Waals surface area contributed by atoms with E-state index in [1.54, 1.807) is 0 Å². The largest absolute Gasteiger partial charge is 0.487 e. The van der Waals surface area contributed by atoms with Gasteiger partial charge in [-0.2, -0.15) is 0 Å². The molecule has 0 fully saturated rings. The molecule has 0 spiro atoms. The van der Waals surface area contributed by atoms with Crippen LogP contribution in [-0.2, 0) is 15.5 Å². The lowest BCUT2D eigenvalue weighted by Crippen LogP contribution is -2.37. The Bertz CT molecular complexity index is 1100. The van der Waals surface area contributed by atoms with Crippen LogP contribution in [0.1, 0.15) is 147 Å². The van der Waals surface area contributed by atoms with Crippen LogP contribution in [0.4, 0.5) is 4.79 Å². The molecule has 1 aromatic carbocycles. The van der Waals surface area contributed by atoms with Crippen LogP contribution in [-0.4, -0.2) is 36.4 Å². The number of nitrogens with one attached hydrogen (secondary N) is 1. The van der Waals surface area contributed by atoms with Crippen molar-refractivity contribution in [3.8, 4) is 11.5 Å². The maximum Gasteiger partial charge on any atom is 0.412 e. The van der Waals surface area contributed by atoms with Crippen LogP contribution in [0.25, 0.3) is 0 Å². The first-order valence-corrected chi connectivity index (χ1v) is 19.9. The van der Waals surface area contributed by atoms with Crippen molar-refractivity contribution in [2.75, 3.05) is 19.8 Å². The smallest absolute Gasteiger partial charge is 0.412 e. The molecule has 1 aliphatic rings. The first-order chi connectivity index (χ1) is 21.1. The van der Waals surface area contributed by atoms with Crippen molar-refractivity contribution in [2.24, 2.45) is 17.8 Å². The van der Waals surface area contributed by atoms with Gasteiger partial charge in [-0.25, -0.2) is 4.79 Å². The number of amides is 1. The van der Waals surface area contributed by atoms with Crippen LogP contribution in [0.2, 0.25) is 0 Å². The van der Waals surface area contributed by atoms with E-state index >= 15 is 0 Å². The predicted molar refractivity (Wildman–Crippen MR) is 187 cm³/mol. The Morgan fingerprint density at radius 2 is 1.49 bits per heavy atom. The summed E-state index contributed by atoms with van der Waals surface area (Å²) in [6.45, 7) is 19.9. The van der Waals surface area contributed by atoms with Crippen LogP contribution in [0.15, 0.2) is 0 Å². The van der Waals surface area contributed by atoms with E-state index in [-0.39, 0.29) is 12.2 Å². The molecule has 0 aliphatic carbocycles. The average Bonchev–Trinajstić information content (AvgIpc) is 2.94. The Hall–Kier alpha value is -1.56. The molecule has 7 nitrogen and oxygen atoms in total. The lowest BCUT2D eigenvalue weighted by atomic mass is 9.83. The number of rotatable bonds is 21. The molecule has 45 heavy (non-hydrogen) atoms. The zero-order valence-corrected chi connectivity index (χ0v) is 31.1. The standard InChI is InChI=1S/C37H66NO6P/c1-27(2)17-14-18-28(3)19-15-20-29(4)21-16-23-37(8)24-22-33-32(7)34(30(5)31(6)35(33)44-37)43-36(39)38-25-12-10-11-13-26-42-45(9,40)41/h27-29H,10-26H2,1-9H3,(H,38,39)(H,40,41)/t28-,29-,37-/m1/s1. The van der Waals surface area contributed by atoms with Crippen molar-refractivity contribution in [1.29, 1.82) is 0 Å². The zero-order valence-electron chi connectivity index (χ0n) is 30.2. The molecule has 0 bridgehead atoms. The van der Waals surface area contributed by atoms with Gasteiger partial charge < -0.3 is 24.2 Å². The number of ether oxygens (including phenoxy) is 2. The van der Waals surface area contributed by atoms with Crippen LogP contribution >= 0.6 is 7.60 Å². The van der Waals surface area contributed by atoms with Gasteiger partial charge in [-0.3, -0.25) is 4.57 Å². The van der Waals surface area contributed by atoms with Gasteiger partial charge in [0.2, 0.25) is 0 Å². The van der Waals surface area contributed by atoms with Crippen molar-refractivity contribution >= 4 is 13.7 Å². The molecule has 2 rings (SSSR count). The fraction of sp³-hybridized carbons (Fsp3) is 0.811. The fourth-order valence-corrected chi connectivity index (χ4v) is 7.01. The lowest BCUT2D eigenvalue weighted by Gasteiger charge is -2.38. The first kappa shape index (κ1) is 39.6. The molecule has 1 aromatic rings. The van der Waals surface area contributed by atoms with E-state index in [2.05, 4.69) is 46.9 Å². The van der Waals surface area contributed by atoms with Crippen molar-refractivity contribution in [3.63, 3.8) is 0 Å². The predicted octanol–water partition coefficient (Wildman–Crippen LogP) is 10.6. The summed E-state index contributed by atoms with van der Waals surface area (Å²) in [5, 5.41) is 2.87. The normalized spacial score (nSPS) is 19.0. The molecule has 260 valence electrons. The highest BCUT2D eigenvalue weighted by Crippen LogP contribution is 2.45. The van der Waals surface area contributed by atoms with Crippen LogP contribution in [0.5, 0.6) is 11.5 Å². The summed E-state index contributed by atoms with van der Waals surface area (Å²) in [5.41, 5.74) is 4.00. The molecule has 1 amide bonds. The van der Waals surface area contributed by atoms with E-state index in [9.17, 15) is 9.36 Å². The van der Waals surface area contributed by atoms with Gasteiger partial charge in [0.15, 0.2) is 0 Å². The Morgan fingerprint density at radius 3 is 2.11 bits per heavy atom. The third-order valence-electron chi connectivity index (χ3n) is 9.70. The van der Waals surface area contributed by atoms with E-state index in [4.69, 9.17) is 18.9 Å². The van der Waals surface area contributed by atoms with Gasteiger partial charge in [0.05, 0.1) is 6.61 Å². The molecular formula is C37H66NO6P. The Labute approximate surface area is 275 Å². The number of benzene rings is 1. The van der Waals surface area contributed by atoms with Crippen molar-refractivity contribution in [2.45, 2.75) is 157 Å². The first-order valence-electron chi connectivity index (χ1n) is 17.8. The van der Waals surface area contributed by atoms with E-state index in [0.29, 0.717) is 18.7 Å². The minimum Gasteiger partial charge on any atom is -0.487 e. The van der Waals surface area contributed by atoms with E-state index in [0.717, 1.165) is 84.3 Å². The second-order valence-electron chi connectivity index (χ2n) is 14.8. The molecule has 1 aliphatic heterocycles. The van der Waals surface area contributed by atoms with Crippen molar-refractivity contribution in [1.82, 2.24) is 5.32 Å². The van der Waals surface area contributed by atoms with Gasteiger partial charge in [0, 0.05) is 18.8 Å². The van der Waals surface area contributed by atoms with Gasteiger partial charge in [-0.15, -0.1) is 0 Å². The molecule has 1 unspecified atom stereocenters. The highest BCUT2D eigenvalue weighted by molar-refractivity contribution is 7.51. The average molecular weight is 652 g/mol. The van der Waals surface area contributed by atoms with E-state index in [1.165, 1.54) is 58.0 Å². The molecular weight excluding hydrogens is 585 g/mol. The van der Waals surface area contributed by atoms with Crippen molar-refractivity contribution in [3.05, 3.63) is 22.3 Å². The maximum absolute atomic E-state index is 12.6. The van der Waals surface area contributed by atoms with E-state index in [1.807, 2.05) is 13.8 Å². The molecule has 0 saturated carbocycles. The number of fused-ring (bicyclic) bond motifs is 1. The molecule has 0 aromatic heterocycles. The molecule has 0 radical (unpaired) electrons. The van der Waals surface area contributed by atoms with Crippen LogP contribution in [0.3, 0.4) is 0 Å². The Balaban J connectivity index is 1.78. The third-order valence-corrected chi connectivity index (χ3v) is 10.4. The number of hydrogen-bond acceptors (Lipinski definition) is 5. The Morgan fingerprint density at radius 1 is 0.889 bits per heavy atom. The monoisotopic (exact) mass is 651 g/mol. The van der Waals surface area contributed by atoms with Gasteiger partial charge >= 0.3 is 13.7 Å². The molecule has 8 heteroatoms. The summed E-state index contributed by atoms with van der Waals surface area (Å²) in [7, 11) is -3.40.